The van der Waals surface area contributed by atoms with Gasteiger partial charge < -0.3 is 16.3 Å². The Kier molecular flexibility index (Phi) is 4.59. The van der Waals surface area contributed by atoms with E-state index in [4.69, 9.17) is 10.9 Å². The summed E-state index contributed by atoms with van der Waals surface area (Å²) in [5.41, 5.74) is 3.48. The molecule has 1 unspecified atom stereocenters. The smallest absolute Gasteiger partial charge is 0.238 e. The quantitative estimate of drug-likeness (QED) is 0.261. The van der Waals surface area contributed by atoms with E-state index in [1.165, 1.54) is 6.92 Å². The molecule has 0 aliphatic heterocycles. The summed E-state index contributed by atoms with van der Waals surface area (Å²) in [6, 6.07) is 1.56. The second kappa shape index (κ2) is 5.81. The van der Waals surface area contributed by atoms with E-state index in [0.717, 1.165) is 6.07 Å². The van der Waals surface area contributed by atoms with E-state index in [0.29, 0.717) is 6.07 Å². The number of hydrogen-bond acceptors (Lipinski definition) is 3. The molecular formula is C12H14F3N3O2. The van der Waals surface area contributed by atoms with Crippen LogP contribution in [0.1, 0.15) is 20.3 Å². The van der Waals surface area contributed by atoms with E-state index >= 15 is 0 Å². The molecule has 0 radical (unpaired) electrons. The van der Waals surface area contributed by atoms with Crippen molar-refractivity contribution < 1.29 is 23.2 Å². The topological polar surface area (TPSA) is 87.7 Å². The molecule has 1 aromatic rings. The second-order valence-electron chi connectivity index (χ2n) is 4.35. The molecular weight excluding hydrogens is 275 g/mol. The van der Waals surface area contributed by atoms with Gasteiger partial charge in [0, 0.05) is 0 Å². The third-order valence-corrected chi connectivity index (χ3v) is 3.16. The Hall–Kier alpha value is -2.25. The second-order valence-corrected chi connectivity index (χ2v) is 4.35. The number of nitrogens with two attached hydrogens (primary N) is 1. The van der Waals surface area contributed by atoms with Crippen LogP contribution in [0.2, 0.25) is 0 Å². The first kappa shape index (κ1) is 15.8. The van der Waals surface area contributed by atoms with E-state index < -0.39 is 34.5 Å². The van der Waals surface area contributed by atoms with Crippen LogP contribution in [0.3, 0.4) is 0 Å². The number of nitrogens with zero attached hydrogens (tertiary/aromatic N) is 1. The minimum Gasteiger partial charge on any atom is -0.409 e. The summed E-state index contributed by atoms with van der Waals surface area (Å²) in [6.07, 6.45) is 0.153. The van der Waals surface area contributed by atoms with Crippen LogP contribution >= 0.6 is 0 Å². The maximum absolute atomic E-state index is 13.5. The summed E-state index contributed by atoms with van der Waals surface area (Å²) in [5, 5.41) is 13.5. The molecule has 0 spiro atoms. The number of amides is 1. The van der Waals surface area contributed by atoms with Gasteiger partial charge in [0.2, 0.25) is 5.91 Å². The molecule has 20 heavy (non-hydrogen) atoms. The summed E-state index contributed by atoms with van der Waals surface area (Å²) >= 11 is 0. The van der Waals surface area contributed by atoms with Crippen LogP contribution in [0.5, 0.6) is 0 Å². The maximum Gasteiger partial charge on any atom is 0.238 e. The molecule has 4 N–H and O–H groups in total. The van der Waals surface area contributed by atoms with Gasteiger partial charge in [0.25, 0.3) is 0 Å². The molecule has 0 aliphatic carbocycles. The molecule has 110 valence electrons. The van der Waals surface area contributed by atoms with E-state index in [1.54, 1.807) is 6.92 Å². The number of benzene rings is 1. The van der Waals surface area contributed by atoms with Crippen molar-refractivity contribution in [3.63, 3.8) is 0 Å². The molecule has 1 aromatic carbocycles. The van der Waals surface area contributed by atoms with E-state index in [1.807, 2.05) is 0 Å². The normalized spacial score (nSPS) is 14.8. The van der Waals surface area contributed by atoms with Gasteiger partial charge in [0.1, 0.15) is 5.41 Å². The zero-order valence-corrected chi connectivity index (χ0v) is 10.9. The summed E-state index contributed by atoms with van der Waals surface area (Å²) in [6.45, 7) is 2.97. The number of rotatable bonds is 4. The van der Waals surface area contributed by atoms with Gasteiger partial charge in [-0.25, -0.2) is 13.2 Å². The molecule has 0 fully saturated rings. The van der Waals surface area contributed by atoms with Gasteiger partial charge in [0.15, 0.2) is 23.3 Å². The molecule has 1 rings (SSSR count). The first-order chi connectivity index (χ1) is 9.27. The van der Waals surface area contributed by atoms with Crippen LogP contribution in [0.15, 0.2) is 17.3 Å². The number of oxime groups is 1. The highest BCUT2D eigenvalue weighted by molar-refractivity contribution is 6.11. The summed E-state index contributed by atoms with van der Waals surface area (Å²) in [5.74, 6) is -5.75. The third kappa shape index (κ3) is 2.68. The van der Waals surface area contributed by atoms with Crippen LogP contribution in [0.25, 0.3) is 0 Å². The number of amidine groups is 1. The Labute approximate surface area is 113 Å². The van der Waals surface area contributed by atoms with Crippen LogP contribution in [0.4, 0.5) is 18.9 Å². The Morgan fingerprint density at radius 2 is 2.00 bits per heavy atom. The van der Waals surface area contributed by atoms with Crippen molar-refractivity contribution in [1.29, 1.82) is 0 Å². The zero-order chi connectivity index (χ0) is 15.5. The van der Waals surface area contributed by atoms with E-state index in [-0.39, 0.29) is 12.3 Å². The number of anilines is 1. The van der Waals surface area contributed by atoms with E-state index in [9.17, 15) is 18.0 Å². The average molecular weight is 289 g/mol. The number of halogens is 3. The Morgan fingerprint density at radius 3 is 2.50 bits per heavy atom. The van der Waals surface area contributed by atoms with Gasteiger partial charge in [0.05, 0.1) is 5.69 Å². The summed E-state index contributed by atoms with van der Waals surface area (Å²) in [4.78, 5) is 12.0. The van der Waals surface area contributed by atoms with Gasteiger partial charge in [-0.05, 0) is 25.5 Å². The van der Waals surface area contributed by atoms with Crippen molar-refractivity contribution in [2.24, 2.45) is 16.3 Å². The minimum atomic E-state index is -1.69. The predicted octanol–water partition coefficient (Wildman–Crippen LogP) is 2.21. The molecule has 0 saturated carbocycles. The number of carbonyl (C=O) groups excluding carboxylic acids is 1. The largest absolute Gasteiger partial charge is 0.409 e. The van der Waals surface area contributed by atoms with Gasteiger partial charge in [-0.15, -0.1) is 0 Å². The van der Waals surface area contributed by atoms with Crippen molar-refractivity contribution in [1.82, 2.24) is 0 Å². The van der Waals surface area contributed by atoms with Crippen LogP contribution in [-0.2, 0) is 4.79 Å². The van der Waals surface area contributed by atoms with Crippen LogP contribution in [-0.4, -0.2) is 17.0 Å². The Morgan fingerprint density at radius 1 is 1.40 bits per heavy atom. The molecule has 0 bridgehead atoms. The Bertz CT molecular complexity index is 563. The molecule has 1 atom stereocenters. The Balaban J connectivity index is 3.10. The van der Waals surface area contributed by atoms with Gasteiger partial charge >= 0.3 is 0 Å². The standard InChI is InChI=1S/C12H14F3N3O2/c1-3-12(2,10(16)18-20)11(19)17-7-5-4-6(13)8(14)9(7)15/h4-5,20H,3H2,1-2H3,(H2,16,18)(H,17,19). The molecule has 8 heteroatoms. The fourth-order valence-electron chi connectivity index (χ4n) is 1.45. The minimum absolute atomic E-state index is 0.153. The first-order valence-electron chi connectivity index (χ1n) is 5.70. The molecule has 0 heterocycles. The van der Waals surface area contributed by atoms with Crippen LogP contribution in [0, 0.1) is 22.9 Å². The third-order valence-electron chi connectivity index (χ3n) is 3.16. The highest BCUT2D eigenvalue weighted by atomic mass is 19.2. The fourth-order valence-corrected chi connectivity index (χ4v) is 1.45. The summed E-state index contributed by atoms with van der Waals surface area (Å²) in [7, 11) is 0. The van der Waals surface area contributed by atoms with Crippen molar-refractivity contribution >= 4 is 17.4 Å². The molecule has 0 saturated heterocycles. The van der Waals surface area contributed by atoms with Crippen molar-refractivity contribution in [2.75, 3.05) is 5.32 Å². The maximum atomic E-state index is 13.5. The van der Waals surface area contributed by atoms with E-state index in [2.05, 4.69) is 10.5 Å². The number of nitrogens with one attached hydrogen (secondary N) is 1. The van der Waals surface area contributed by atoms with Gasteiger partial charge in [-0.3, -0.25) is 4.79 Å². The highest BCUT2D eigenvalue weighted by Crippen LogP contribution is 2.26. The molecule has 1 amide bonds. The van der Waals surface area contributed by atoms with Gasteiger partial charge in [-0.2, -0.15) is 0 Å². The predicted molar refractivity (Wildman–Crippen MR) is 66.8 cm³/mol. The first-order valence-corrected chi connectivity index (χ1v) is 5.70. The van der Waals surface area contributed by atoms with Crippen molar-refractivity contribution in [3.05, 3.63) is 29.6 Å². The molecule has 0 aromatic heterocycles. The lowest BCUT2D eigenvalue weighted by molar-refractivity contribution is -0.121. The monoisotopic (exact) mass is 289 g/mol. The molecule has 0 aliphatic rings. The fraction of sp³-hybridized carbons (Fsp3) is 0.333. The SMILES string of the molecule is CCC(C)(C(=O)Nc1ccc(F)c(F)c1F)/C(N)=N/O. The highest BCUT2D eigenvalue weighted by Gasteiger charge is 2.37. The lowest BCUT2D eigenvalue weighted by atomic mass is 9.85. The average Bonchev–Trinajstić information content (AvgIpc) is 2.45. The number of hydrogen-bond donors (Lipinski definition) is 3. The lowest BCUT2D eigenvalue weighted by Gasteiger charge is -2.25. The lowest BCUT2D eigenvalue weighted by Crippen LogP contribution is -2.44. The van der Waals surface area contributed by atoms with Crippen LogP contribution < -0.4 is 11.1 Å². The van der Waals surface area contributed by atoms with Gasteiger partial charge in [-0.1, -0.05) is 12.1 Å². The zero-order valence-electron chi connectivity index (χ0n) is 10.9. The molecule has 5 nitrogen and oxygen atoms in total. The summed E-state index contributed by atoms with van der Waals surface area (Å²) < 4.78 is 39.3. The van der Waals surface area contributed by atoms with Crippen molar-refractivity contribution in [3.8, 4) is 0 Å². The number of carbonyl (C=O) groups is 1. The van der Waals surface area contributed by atoms with Crippen molar-refractivity contribution in [2.45, 2.75) is 20.3 Å².